The van der Waals surface area contributed by atoms with Crippen LogP contribution in [-0.2, 0) is 17.8 Å². The van der Waals surface area contributed by atoms with Crippen LogP contribution < -0.4 is 5.56 Å². The van der Waals surface area contributed by atoms with Crippen molar-refractivity contribution in [1.82, 2.24) is 14.9 Å². The van der Waals surface area contributed by atoms with E-state index in [2.05, 4.69) is 9.97 Å². The van der Waals surface area contributed by atoms with Crippen LogP contribution in [0.1, 0.15) is 18.3 Å². The molecule has 0 atom stereocenters. The molecule has 6 heteroatoms. The molecule has 0 spiro atoms. The highest BCUT2D eigenvalue weighted by atomic mass is 32.1. The van der Waals surface area contributed by atoms with E-state index in [0.29, 0.717) is 29.1 Å². The topological polar surface area (TPSA) is 66.1 Å². The van der Waals surface area contributed by atoms with Crippen molar-refractivity contribution in [3.05, 3.63) is 63.5 Å². The lowest BCUT2D eigenvalue weighted by Crippen LogP contribution is -2.32. The highest BCUT2D eigenvalue weighted by Crippen LogP contribution is 2.14. The first kappa shape index (κ1) is 15.4. The van der Waals surface area contributed by atoms with Gasteiger partial charge in [-0.3, -0.25) is 9.59 Å². The highest BCUT2D eigenvalue weighted by molar-refractivity contribution is 7.17. The zero-order valence-corrected chi connectivity index (χ0v) is 13.6. The fourth-order valence-electron chi connectivity index (χ4n) is 2.44. The van der Waals surface area contributed by atoms with Crippen molar-refractivity contribution < 1.29 is 4.79 Å². The molecule has 0 bridgehead atoms. The van der Waals surface area contributed by atoms with Crippen molar-refractivity contribution in [2.75, 3.05) is 6.54 Å². The molecule has 118 valence electrons. The summed E-state index contributed by atoms with van der Waals surface area (Å²) in [6.07, 6.45) is 0.0989. The Labute approximate surface area is 137 Å². The third-order valence-corrected chi connectivity index (χ3v) is 4.54. The number of rotatable bonds is 5. The summed E-state index contributed by atoms with van der Waals surface area (Å²) in [6, 6.07) is 11.6. The van der Waals surface area contributed by atoms with Gasteiger partial charge in [0.1, 0.15) is 10.5 Å². The molecule has 0 saturated carbocycles. The number of hydrogen-bond donors (Lipinski definition) is 1. The predicted molar refractivity (Wildman–Crippen MR) is 91.5 cm³/mol. The molecule has 2 aromatic heterocycles. The van der Waals surface area contributed by atoms with Crippen LogP contribution >= 0.6 is 11.3 Å². The van der Waals surface area contributed by atoms with E-state index in [1.54, 1.807) is 11.0 Å². The molecular weight excluding hydrogens is 310 g/mol. The lowest BCUT2D eigenvalue weighted by Gasteiger charge is -2.20. The summed E-state index contributed by atoms with van der Waals surface area (Å²) in [6.45, 7) is 3.11. The van der Waals surface area contributed by atoms with Gasteiger partial charge in [-0.05, 0) is 23.9 Å². The number of H-pyrrole nitrogens is 1. The van der Waals surface area contributed by atoms with Gasteiger partial charge in [-0.1, -0.05) is 30.3 Å². The smallest absolute Gasteiger partial charge is 0.268 e. The van der Waals surface area contributed by atoms with Crippen LogP contribution in [0.4, 0.5) is 0 Å². The van der Waals surface area contributed by atoms with Gasteiger partial charge < -0.3 is 9.88 Å². The van der Waals surface area contributed by atoms with E-state index < -0.39 is 0 Å². The Morgan fingerprint density at radius 2 is 2.04 bits per heavy atom. The summed E-state index contributed by atoms with van der Waals surface area (Å²) >= 11 is 1.35. The number of fused-ring (bicyclic) bond motifs is 1. The van der Waals surface area contributed by atoms with Crippen LogP contribution in [0.5, 0.6) is 0 Å². The molecule has 1 aromatic carbocycles. The van der Waals surface area contributed by atoms with Crippen LogP contribution in [0.25, 0.3) is 10.2 Å². The van der Waals surface area contributed by atoms with E-state index in [1.807, 2.05) is 42.6 Å². The molecular formula is C17H17N3O2S. The number of carbonyl (C=O) groups excluding carboxylic acids is 1. The third kappa shape index (κ3) is 3.48. The van der Waals surface area contributed by atoms with E-state index in [4.69, 9.17) is 0 Å². The lowest BCUT2D eigenvalue weighted by molar-refractivity contribution is -0.131. The average Bonchev–Trinajstić information content (AvgIpc) is 3.02. The number of carbonyl (C=O) groups is 1. The maximum absolute atomic E-state index is 12.5. The quantitative estimate of drug-likeness (QED) is 0.783. The first-order chi connectivity index (χ1) is 11.2. The zero-order valence-electron chi connectivity index (χ0n) is 12.8. The number of likely N-dealkylation sites (N-methyl/N-ethyl adjacent to an activating group) is 1. The Balaban J connectivity index is 1.77. The van der Waals surface area contributed by atoms with Crippen LogP contribution in [0.3, 0.4) is 0 Å². The molecule has 0 saturated heterocycles. The molecule has 23 heavy (non-hydrogen) atoms. The summed E-state index contributed by atoms with van der Waals surface area (Å²) < 4.78 is 0.595. The van der Waals surface area contributed by atoms with E-state index in [1.165, 1.54) is 11.3 Å². The summed E-state index contributed by atoms with van der Waals surface area (Å²) in [7, 11) is 0. The number of aromatic nitrogens is 2. The Hall–Kier alpha value is -2.47. The Kier molecular flexibility index (Phi) is 4.52. The standard InChI is InChI=1S/C17H17N3O2S/c1-2-20(11-12-6-4-3-5-7-12)15(21)10-14-18-13-8-9-23-16(13)17(22)19-14/h3-9H,2,10-11H2,1H3,(H,18,19,22). The summed E-state index contributed by atoms with van der Waals surface area (Å²) in [5.74, 6) is 0.367. The molecule has 1 N–H and O–H groups in total. The second-order valence-electron chi connectivity index (χ2n) is 5.22. The van der Waals surface area contributed by atoms with E-state index in [-0.39, 0.29) is 17.9 Å². The average molecular weight is 327 g/mol. The van der Waals surface area contributed by atoms with E-state index in [0.717, 1.165) is 5.56 Å². The second kappa shape index (κ2) is 6.75. The second-order valence-corrected chi connectivity index (χ2v) is 6.13. The predicted octanol–water partition coefficient (Wildman–Crippen LogP) is 2.58. The Morgan fingerprint density at radius 1 is 1.26 bits per heavy atom. The molecule has 5 nitrogen and oxygen atoms in total. The van der Waals surface area contributed by atoms with Gasteiger partial charge in [0.2, 0.25) is 5.91 Å². The van der Waals surface area contributed by atoms with Crippen LogP contribution in [-0.4, -0.2) is 27.3 Å². The fraction of sp³-hybridized carbons (Fsp3) is 0.235. The van der Waals surface area contributed by atoms with Crippen LogP contribution in [0.15, 0.2) is 46.6 Å². The molecule has 0 aliphatic rings. The zero-order chi connectivity index (χ0) is 16.2. The van der Waals surface area contributed by atoms with E-state index in [9.17, 15) is 9.59 Å². The summed E-state index contributed by atoms with van der Waals surface area (Å²) in [5.41, 5.74) is 1.55. The molecule has 0 aliphatic carbocycles. The van der Waals surface area contributed by atoms with Crippen molar-refractivity contribution in [2.24, 2.45) is 0 Å². The Bertz CT molecular complexity index is 870. The van der Waals surface area contributed by atoms with Crippen molar-refractivity contribution in [3.8, 4) is 0 Å². The lowest BCUT2D eigenvalue weighted by atomic mass is 10.2. The number of nitrogens with zero attached hydrogens (tertiary/aromatic N) is 2. The Morgan fingerprint density at radius 3 is 2.78 bits per heavy atom. The number of aromatic amines is 1. The molecule has 0 aliphatic heterocycles. The minimum Gasteiger partial charge on any atom is -0.338 e. The number of thiophene rings is 1. The van der Waals surface area contributed by atoms with Crippen molar-refractivity contribution in [2.45, 2.75) is 19.9 Å². The van der Waals surface area contributed by atoms with Gasteiger partial charge in [-0.15, -0.1) is 11.3 Å². The molecule has 3 rings (SSSR count). The first-order valence-corrected chi connectivity index (χ1v) is 8.33. The maximum atomic E-state index is 12.5. The monoisotopic (exact) mass is 327 g/mol. The van der Waals surface area contributed by atoms with Gasteiger partial charge in [-0.25, -0.2) is 4.98 Å². The minimum absolute atomic E-state index is 0.0471. The normalized spacial score (nSPS) is 10.8. The number of hydrogen-bond acceptors (Lipinski definition) is 4. The summed E-state index contributed by atoms with van der Waals surface area (Å²) in [5, 5.41) is 1.83. The van der Waals surface area contributed by atoms with Crippen molar-refractivity contribution in [1.29, 1.82) is 0 Å². The molecule has 2 heterocycles. The van der Waals surface area contributed by atoms with E-state index >= 15 is 0 Å². The van der Waals surface area contributed by atoms with Crippen LogP contribution in [0.2, 0.25) is 0 Å². The third-order valence-electron chi connectivity index (χ3n) is 3.63. The summed E-state index contributed by atoms with van der Waals surface area (Å²) in [4.78, 5) is 33.3. The van der Waals surface area contributed by atoms with Gasteiger partial charge in [0.05, 0.1) is 11.9 Å². The highest BCUT2D eigenvalue weighted by Gasteiger charge is 2.15. The number of amides is 1. The minimum atomic E-state index is -0.182. The van der Waals surface area contributed by atoms with Gasteiger partial charge in [0.25, 0.3) is 5.56 Å². The fourth-order valence-corrected chi connectivity index (χ4v) is 3.17. The molecule has 0 radical (unpaired) electrons. The SMILES string of the molecule is CCN(Cc1ccccc1)C(=O)Cc1nc2ccsc2c(=O)[nH]1. The maximum Gasteiger partial charge on any atom is 0.268 e. The van der Waals surface area contributed by atoms with Crippen molar-refractivity contribution >= 4 is 27.5 Å². The molecule has 1 amide bonds. The molecule has 3 aromatic rings. The van der Waals surface area contributed by atoms with Gasteiger partial charge in [0, 0.05) is 13.1 Å². The van der Waals surface area contributed by atoms with Crippen LogP contribution in [0, 0.1) is 0 Å². The van der Waals surface area contributed by atoms with Gasteiger partial charge in [-0.2, -0.15) is 0 Å². The number of nitrogens with one attached hydrogen (secondary N) is 1. The largest absolute Gasteiger partial charge is 0.338 e. The molecule has 0 unspecified atom stereocenters. The first-order valence-electron chi connectivity index (χ1n) is 7.45. The van der Waals surface area contributed by atoms with Gasteiger partial charge in [0.15, 0.2) is 0 Å². The number of benzene rings is 1. The van der Waals surface area contributed by atoms with Gasteiger partial charge >= 0.3 is 0 Å². The molecule has 0 fully saturated rings. The van der Waals surface area contributed by atoms with Crippen molar-refractivity contribution in [3.63, 3.8) is 0 Å².